The van der Waals surface area contributed by atoms with Gasteiger partial charge in [-0.15, -0.1) is 0 Å². The Bertz CT molecular complexity index is 503. The van der Waals surface area contributed by atoms with Crippen LogP contribution >= 0.6 is 0 Å². The van der Waals surface area contributed by atoms with Crippen LogP contribution in [-0.4, -0.2) is 9.78 Å². The molecule has 2 rings (SSSR count). The minimum atomic E-state index is -4.40. The third kappa shape index (κ3) is 2.31. The van der Waals surface area contributed by atoms with Crippen LogP contribution in [0.15, 0.2) is 36.7 Å². The quantitative estimate of drug-likeness (QED) is 0.877. The van der Waals surface area contributed by atoms with E-state index in [0.29, 0.717) is 5.69 Å². The molecule has 90 valence electrons. The van der Waals surface area contributed by atoms with Crippen molar-refractivity contribution in [3.8, 4) is 5.69 Å². The summed E-state index contributed by atoms with van der Waals surface area (Å²) in [4.78, 5) is 0. The second-order valence-electron chi connectivity index (χ2n) is 3.49. The van der Waals surface area contributed by atoms with Crippen molar-refractivity contribution >= 4 is 0 Å². The second-order valence-corrected chi connectivity index (χ2v) is 3.49. The Kier molecular flexibility index (Phi) is 2.89. The van der Waals surface area contributed by atoms with Gasteiger partial charge in [-0.3, -0.25) is 0 Å². The molecular formula is C11H10F3N3. The van der Waals surface area contributed by atoms with Crippen LogP contribution in [-0.2, 0) is 12.7 Å². The minimum Gasteiger partial charge on any atom is -0.326 e. The molecular weight excluding hydrogens is 231 g/mol. The van der Waals surface area contributed by atoms with Crippen LogP contribution in [0.25, 0.3) is 5.69 Å². The highest BCUT2D eigenvalue weighted by molar-refractivity contribution is 5.41. The fourth-order valence-corrected chi connectivity index (χ4v) is 1.57. The number of hydrogen-bond donors (Lipinski definition) is 1. The zero-order valence-electron chi connectivity index (χ0n) is 8.78. The lowest BCUT2D eigenvalue weighted by molar-refractivity contribution is -0.138. The smallest absolute Gasteiger partial charge is 0.326 e. The highest BCUT2D eigenvalue weighted by atomic mass is 19.4. The first kappa shape index (κ1) is 11.7. The van der Waals surface area contributed by atoms with Gasteiger partial charge in [-0.2, -0.15) is 18.3 Å². The summed E-state index contributed by atoms with van der Waals surface area (Å²) in [6.45, 7) is -0.145. The Morgan fingerprint density at radius 3 is 2.59 bits per heavy atom. The Morgan fingerprint density at radius 2 is 2.06 bits per heavy atom. The van der Waals surface area contributed by atoms with Crippen LogP contribution in [0.3, 0.4) is 0 Å². The summed E-state index contributed by atoms with van der Waals surface area (Å²) in [6.07, 6.45) is -1.32. The zero-order chi connectivity index (χ0) is 12.5. The zero-order valence-corrected chi connectivity index (χ0v) is 8.78. The van der Waals surface area contributed by atoms with E-state index in [4.69, 9.17) is 5.73 Å². The lowest BCUT2D eigenvalue weighted by Gasteiger charge is -2.13. The SMILES string of the molecule is NCc1ccc(-n2cccn2)cc1C(F)(F)F. The molecule has 0 atom stereocenters. The predicted octanol–water partition coefficient (Wildman–Crippen LogP) is 2.35. The molecule has 2 aromatic rings. The molecule has 1 aromatic heterocycles. The molecule has 1 aromatic carbocycles. The summed E-state index contributed by atoms with van der Waals surface area (Å²) in [6, 6.07) is 5.63. The van der Waals surface area contributed by atoms with Crippen LogP contribution < -0.4 is 5.73 Å². The van der Waals surface area contributed by atoms with Gasteiger partial charge in [0.25, 0.3) is 0 Å². The molecule has 0 unspecified atom stereocenters. The molecule has 0 aliphatic carbocycles. The number of nitrogens with two attached hydrogens (primary N) is 1. The van der Waals surface area contributed by atoms with Crippen molar-refractivity contribution in [2.75, 3.05) is 0 Å². The van der Waals surface area contributed by atoms with Gasteiger partial charge < -0.3 is 5.73 Å². The summed E-state index contributed by atoms with van der Waals surface area (Å²) < 4.78 is 39.7. The van der Waals surface area contributed by atoms with Crippen molar-refractivity contribution in [1.29, 1.82) is 0 Å². The normalized spacial score (nSPS) is 11.8. The van der Waals surface area contributed by atoms with Crippen molar-refractivity contribution in [2.24, 2.45) is 5.73 Å². The fraction of sp³-hybridized carbons (Fsp3) is 0.182. The third-order valence-corrected chi connectivity index (χ3v) is 2.39. The Hall–Kier alpha value is -1.82. The van der Waals surface area contributed by atoms with Gasteiger partial charge in [0.15, 0.2) is 0 Å². The van der Waals surface area contributed by atoms with Gasteiger partial charge in [-0.05, 0) is 23.8 Å². The third-order valence-electron chi connectivity index (χ3n) is 2.39. The van der Waals surface area contributed by atoms with E-state index in [1.54, 1.807) is 18.3 Å². The molecule has 0 radical (unpaired) electrons. The van der Waals surface area contributed by atoms with Gasteiger partial charge in [0, 0.05) is 18.9 Å². The average molecular weight is 241 g/mol. The lowest BCUT2D eigenvalue weighted by atomic mass is 10.1. The molecule has 2 N–H and O–H groups in total. The van der Waals surface area contributed by atoms with Crippen LogP contribution in [0.5, 0.6) is 0 Å². The Labute approximate surface area is 95.7 Å². The summed E-state index contributed by atoms with van der Waals surface area (Å²) in [7, 11) is 0. The molecule has 1 heterocycles. The Morgan fingerprint density at radius 1 is 1.29 bits per heavy atom. The highest BCUT2D eigenvalue weighted by Crippen LogP contribution is 2.33. The second kappa shape index (κ2) is 4.21. The molecule has 0 saturated heterocycles. The van der Waals surface area contributed by atoms with E-state index in [1.807, 2.05) is 0 Å². The van der Waals surface area contributed by atoms with E-state index in [-0.39, 0.29) is 12.1 Å². The molecule has 6 heteroatoms. The minimum absolute atomic E-state index is 0.0772. The molecule has 3 nitrogen and oxygen atoms in total. The van der Waals surface area contributed by atoms with E-state index in [9.17, 15) is 13.2 Å². The van der Waals surface area contributed by atoms with Gasteiger partial charge in [-0.25, -0.2) is 4.68 Å². The van der Waals surface area contributed by atoms with E-state index < -0.39 is 11.7 Å². The number of aromatic nitrogens is 2. The number of halogens is 3. The molecule has 0 bridgehead atoms. The van der Waals surface area contributed by atoms with Crippen LogP contribution in [0.1, 0.15) is 11.1 Å². The monoisotopic (exact) mass is 241 g/mol. The summed E-state index contributed by atoms with van der Waals surface area (Å²) >= 11 is 0. The molecule has 0 spiro atoms. The van der Waals surface area contributed by atoms with E-state index >= 15 is 0 Å². The Balaban J connectivity index is 2.53. The summed E-state index contributed by atoms with van der Waals surface area (Å²) in [5, 5.41) is 3.88. The van der Waals surface area contributed by atoms with Gasteiger partial charge >= 0.3 is 6.18 Å². The van der Waals surface area contributed by atoms with Crippen molar-refractivity contribution < 1.29 is 13.2 Å². The predicted molar refractivity (Wildman–Crippen MR) is 56.5 cm³/mol. The van der Waals surface area contributed by atoms with Crippen LogP contribution in [0.4, 0.5) is 13.2 Å². The maximum absolute atomic E-state index is 12.8. The summed E-state index contributed by atoms with van der Waals surface area (Å²) in [5.41, 5.74) is 5.02. The van der Waals surface area contributed by atoms with Crippen LogP contribution in [0.2, 0.25) is 0 Å². The van der Waals surface area contributed by atoms with Crippen molar-refractivity contribution in [3.63, 3.8) is 0 Å². The van der Waals surface area contributed by atoms with Gasteiger partial charge in [0.05, 0.1) is 11.3 Å². The molecule has 0 aliphatic rings. The first-order valence-electron chi connectivity index (χ1n) is 4.92. The number of rotatable bonds is 2. The first-order chi connectivity index (χ1) is 8.02. The number of nitrogens with zero attached hydrogens (tertiary/aromatic N) is 2. The lowest BCUT2D eigenvalue weighted by Crippen LogP contribution is -2.13. The van der Waals surface area contributed by atoms with Gasteiger partial charge in [-0.1, -0.05) is 6.07 Å². The van der Waals surface area contributed by atoms with Crippen LogP contribution in [0, 0.1) is 0 Å². The molecule has 0 amide bonds. The molecule has 17 heavy (non-hydrogen) atoms. The number of alkyl halides is 3. The van der Waals surface area contributed by atoms with E-state index in [2.05, 4.69) is 5.10 Å². The standard InChI is InChI=1S/C11H10F3N3/c12-11(13,14)10-6-9(3-2-8(10)7-15)17-5-1-4-16-17/h1-6H,7,15H2. The van der Waals surface area contributed by atoms with Gasteiger partial charge in [0.2, 0.25) is 0 Å². The maximum atomic E-state index is 12.8. The van der Waals surface area contributed by atoms with Crippen molar-refractivity contribution in [1.82, 2.24) is 9.78 Å². The van der Waals surface area contributed by atoms with E-state index in [1.165, 1.54) is 16.9 Å². The molecule has 0 saturated carbocycles. The highest BCUT2D eigenvalue weighted by Gasteiger charge is 2.33. The summed E-state index contributed by atoms with van der Waals surface area (Å²) in [5.74, 6) is 0. The maximum Gasteiger partial charge on any atom is 0.416 e. The molecule has 0 aliphatic heterocycles. The van der Waals surface area contributed by atoms with Crippen molar-refractivity contribution in [3.05, 3.63) is 47.8 Å². The largest absolute Gasteiger partial charge is 0.416 e. The number of benzene rings is 1. The first-order valence-corrected chi connectivity index (χ1v) is 4.92. The molecule has 0 fully saturated rings. The fourth-order valence-electron chi connectivity index (χ4n) is 1.57. The number of hydrogen-bond acceptors (Lipinski definition) is 2. The topological polar surface area (TPSA) is 43.8 Å². The van der Waals surface area contributed by atoms with Crippen molar-refractivity contribution in [2.45, 2.75) is 12.7 Å². The van der Waals surface area contributed by atoms with E-state index in [0.717, 1.165) is 6.07 Å². The average Bonchev–Trinajstić information content (AvgIpc) is 2.80. The van der Waals surface area contributed by atoms with Gasteiger partial charge in [0.1, 0.15) is 0 Å².